The molecule has 0 atom stereocenters. The number of hydrogen-bond acceptors (Lipinski definition) is 2. The van der Waals surface area contributed by atoms with Crippen molar-refractivity contribution in [3.8, 4) is 5.75 Å². The summed E-state index contributed by atoms with van der Waals surface area (Å²) in [5.41, 5.74) is 6.71. The van der Waals surface area contributed by atoms with Crippen LogP contribution in [-0.2, 0) is 0 Å². The third-order valence-electron chi connectivity index (χ3n) is 1.72. The summed E-state index contributed by atoms with van der Waals surface area (Å²) in [6, 6.07) is 2.95. The molecule has 0 aliphatic heterocycles. The highest BCUT2D eigenvalue weighted by atomic mass is 19.4. The molecule has 0 saturated heterocycles. The van der Waals surface area contributed by atoms with Gasteiger partial charge in [0, 0.05) is 0 Å². The molecule has 0 aromatic heterocycles. The fourth-order valence-electron chi connectivity index (χ4n) is 1.15. The Morgan fingerprint density at radius 1 is 1.36 bits per heavy atom. The molecule has 0 bridgehead atoms. The Morgan fingerprint density at radius 3 is 2.43 bits per heavy atom. The molecule has 0 spiro atoms. The molecule has 1 aromatic rings. The van der Waals surface area contributed by atoms with Crippen molar-refractivity contribution >= 4 is 19.0 Å². The number of alkyl halides is 3. The Balaban J connectivity index is 3.09. The average molecular weight is 203 g/mol. The Hall–Kier alpha value is -1.33. The van der Waals surface area contributed by atoms with Gasteiger partial charge < -0.3 is 10.5 Å². The molecule has 0 aliphatic carbocycles. The fraction of sp³-hybridized carbons (Fsp3) is 0.250. The van der Waals surface area contributed by atoms with Gasteiger partial charge in [0.15, 0.2) is 5.75 Å². The van der Waals surface area contributed by atoms with Crippen molar-refractivity contribution in [1.82, 2.24) is 0 Å². The number of halogens is 3. The van der Waals surface area contributed by atoms with Gasteiger partial charge in [-0.2, -0.15) is 0 Å². The predicted octanol–water partition coefficient (Wildman–Crippen LogP) is 0.734. The lowest BCUT2D eigenvalue weighted by Crippen LogP contribution is -2.21. The average Bonchev–Trinajstić information content (AvgIpc) is 1.96. The van der Waals surface area contributed by atoms with E-state index in [-0.39, 0.29) is 11.4 Å². The van der Waals surface area contributed by atoms with Crippen molar-refractivity contribution in [1.29, 1.82) is 0 Å². The fourth-order valence-corrected chi connectivity index (χ4v) is 1.15. The van der Waals surface area contributed by atoms with E-state index in [1.807, 2.05) is 0 Å². The van der Waals surface area contributed by atoms with E-state index >= 15 is 0 Å². The standard InChI is InChI=1S/C8H9BF3NO/c1-4-2-5(9)7(13)6(3-4)14-8(10,11)12/h2-3H,9,13H2,1H3. The van der Waals surface area contributed by atoms with Crippen LogP contribution in [0.5, 0.6) is 5.75 Å². The van der Waals surface area contributed by atoms with Crippen LogP contribution in [0.3, 0.4) is 0 Å². The Labute approximate surface area is 80.3 Å². The third kappa shape index (κ3) is 2.58. The third-order valence-corrected chi connectivity index (χ3v) is 1.72. The summed E-state index contributed by atoms with van der Waals surface area (Å²) in [6.07, 6.45) is -4.70. The lowest BCUT2D eigenvalue weighted by atomic mass is 9.92. The lowest BCUT2D eigenvalue weighted by Gasteiger charge is -2.13. The first-order chi connectivity index (χ1) is 6.29. The van der Waals surface area contributed by atoms with E-state index in [0.29, 0.717) is 11.0 Å². The molecular formula is C8H9BF3NO. The smallest absolute Gasteiger partial charge is 0.404 e. The van der Waals surface area contributed by atoms with E-state index in [2.05, 4.69) is 4.74 Å². The van der Waals surface area contributed by atoms with Gasteiger partial charge >= 0.3 is 6.36 Å². The Bertz CT molecular complexity index is 351. The topological polar surface area (TPSA) is 35.2 Å². The van der Waals surface area contributed by atoms with Crippen molar-refractivity contribution in [2.45, 2.75) is 13.3 Å². The number of ether oxygens (including phenoxy) is 1. The monoisotopic (exact) mass is 203 g/mol. The molecule has 14 heavy (non-hydrogen) atoms. The highest BCUT2D eigenvalue weighted by Gasteiger charge is 2.32. The van der Waals surface area contributed by atoms with Gasteiger partial charge in [0.05, 0.1) is 5.69 Å². The lowest BCUT2D eigenvalue weighted by molar-refractivity contribution is -0.274. The number of nitrogen functional groups attached to an aromatic ring is 1. The first-order valence-electron chi connectivity index (χ1n) is 3.92. The molecule has 0 fully saturated rings. The van der Waals surface area contributed by atoms with Crippen molar-refractivity contribution in [3.05, 3.63) is 17.7 Å². The normalized spacial score (nSPS) is 11.4. The SMILES string of the molecule is Bc1cc(C)cc(OC(F)(F)F)c1N. The van der Waals surface area contributed by atoms with Gasteiger partial charge in [-0.3, -0.25) is 0 Å². The molecule has 0 aliphatic rings. The van der Waals surface area contributed by atoms with Crippen LogP contribution in [0.15, 0.2) is 12.1 Å². The van der Waals surface area contributed by atoms with Crippen molar-refractivity contribution < 1.29 is 17.9 Å². The zero-order chi connectivity index (χ0) is 10.9. The molecule has 2 nitrogen and oxygen atoms in total. The summed E-state index contributed by atoms with van der Waals surface area (Å²) in [5, 5.41) is 0. The maximum absolute atomic E-state index is 11.9. The largest absolute Gasteiger partial charge is 0.573 e. The first kappa shape index (κ1) is 10.8. The second kappa shape index (κ2) is 3.44. The van der Waals surface area contributed by atoms with E-state index in [0.717, 1.165) is 0 Å². The van der Waals surface area contributed by atoms with Gasteiger partial charge in [0.1, 0.15) is 7.85 Å². The second-order valence-electron chi connectivity index (χ2n) is 3.04. The number of benzene rings is 1. The van der Waals surface area contributed by atoms with E-state index in [9.17, 15) is 13.2 Å². The van der Waals surface area contributed by atoms with Crippen LogP contribution >= 0.6 is 0 Å². The summed E-state index contributed by atoms with van der Waals surface area (Å²) in [6.45, 7) is 1.68. The maximum Gasteiger partial charge on any atom is 0.573 e. The summed E-state index contributed by atoms with van der Waals surface area (Å²) in [4.78, 5) is 0. The van der Waals surface area contributed by atoms with Crippen molar-refractivity contribution in [2.24, 2.45) is 0 Å². The van der Waals surface area contributed by atoms with Crippen LogP contribution in [0.1, 0.15) is 5.56 Å². The van der Waals surface area contributed by atoms with Crippen LogP contribution < -0.4 is 15.9 Å². The molecule has 2 N–H and O–H groups in total. The van der Waals surface area contributed by atoms with Crippen LogP contribution in [-0.4, -0.2) is 14.2 Å². The zero-order valence-electron chi connectivity index (χ0n) is 7.77. The number of hydrogen-bond donors (Lipinski definition) is 1. The van der Waals surface area contributed by atoms with Crippen LogP contribution in [0.25, 0.3) is 0 Å². The zero-order valence-corrected chi connectivity index (χ0v) is 7.77. The molecule has 1 rings (SSSR count). The van der Waals surface area contributed by atoms with E-state index < -0.39 is 6.36 Å². The van der Waals surface area contributed by atoms with Crippen LogP contribution in [0.2, 0.25) is 0 Å². The van der Waals surface area contributed by atoms with Crippen LogP contribution in [0.4, 0.5) is 18.9 Å². The second-order valence-corrected chi connectivity index (χ2v) is 3.04. The number of aryl methyl sites for hydroxylation is 1. The Morgan fingerprint density at radius 2 is 1.93 bits per heavy atom. The van der Waals surface area contributed by atoms with Gasteiger partial charge in [-0.1, -0.05) is 11.5 Å². The van der Waals surface area contributed by atoms with Crippen LogP contribution in [0, 0.1) is 6.92 Å². The van der Waals surface area contributed by atoms with Gasteiger partial charge in [-0.05, 0) is 18.6 Å². The molecule has 76 valence electrons. The van der Waals surface area contributed by atoms with Crippen molar-refractivity contribution in [3.63, 3.8) is 0 Å². The minimum Gasteiger partial charge on any atom is -0.404 e. The quantitative estimate of drug-likeness (QED) is 0.539. The van der Waals surface area contributed by atoms with E-state index in [1.165, 1.54) is 6.07 Å². The van der Waals surface area contributed by atoms with Gasteiger partial charge in [0.25, 0.3) is 0 Å². The molecule has 0 amide bonds. The molecule has 6 heteroatoms. The predicted molar refractivity (Wildman–Crippen MR) is 50.5 cm³/mol. The molecule has 0 unspecified atom stereocenters. The van der Waals surface area contributed by atoms with E-state index in [1.54, 1.807) is 20.8 Å². The summed E-state index contributed by atoms with van der Waals surface area (Å²) >= 11 is 0. The molecule has 0 radical (unpaired) electrons. The molecule has 0 saturated carbocycles. The molecular weight excluding hydrogens is 194 g/mol. The van der Waals surface area contributed by atoms with E-state index in [4.69, 9.17) is 5.73 Å². The summed E-state index contributed by atoms with van der Waals surface area (Å²) in [5.74, 6) is -0.338. The first-order valence-corrected chi connectivity index (χ1v) is 3.92. The number of anilines is 1. The number of nitrogens with two attached hydrogens (primary N) is 1. The van der Waals surface area contributed by atoms with Gasteiger partial charge in [-0.15, -0.1) is 13.2 Å². The highest BCUT2D eigenvalue weighted by molar-refractivity contribution is 6.36. The minimum atomic E-state index is -4.70. The highest BCUT2D eigenvalue weighted by Crippen LogP contribution is 2.27. The Kier molecular flexibility index (Phi) is 2.64. The summed E-state index contributed by atoms with van der Waals surface area (Å²) in [7, 11) is 1.63. The molecule has 0 heterocycles. The minimum absolute atomic E-state index is 0.0212. The molecule has 1 aromatic carbocycles. The van der Waals surface area contributed by atoms with Gasteiger partial charge in [0.2, 0.25) is 0 Å². The maximum atomic E-state index is 11.9. The number of rotatable bonds is 1. The van der Waals surface area contributed by atoms with Gasteiger partial charge in [-0.25, -0.2) is 0 Å². The summed E-state index contributed by atoms with van der Waals surface area (Å²) < 4.78 is 39.5. The van der Waals surface area contributed by atoms with Crippen molar-refractivity contribution in [2.75, 3.05) is 5.73 Å².